The molecule has 21 heavy (non-hydrogen) atoms. The molecule has 0 bridgehead atoms. The number of pyridine rings is 1. The van der Waals surface area contributed by atoms with Crippen LogP contribution in [0.15, 0.2) is 18.3 Å². The number of hydrogen-bond donors (Lipinski definition) is 0. The van der Waals surface area contributed by atoms with Gasteiger partial charge in [0.15, 0.2) is 0 Å². The number of aromatic nitrogens is 1. The molecule has 2 heterocycles. The van der Waals surface area contributed by atoms with Crippen LogP contribution in [0.3, 0.4) is 0 Å². The van der Waals surface area contributed by atoms with Crippen LogP contribution in [-0.2, 0) is 0 Å². The first-order valence-electron chi connectivity index (χ1n) is 8.28. The largest absolute Gasteiger partial charge is 0.357 e. The highest BCUT2D eigenvalue weighted by Crippen LogP contribution is 2.41. The molecule has 1 fully saturated rings. The lowest BCUT2D eigenvalue weighted by Crippen LogP contribution is -2.41. The average molecular weight is 288 g/mol. The van der Waals surface area contributed by atoms with Crippen molar-refractivity contribution in [2.75, 3.05) is 18.0 Å². The highest BCUT2D eigenvalue weighted by molar-refractivity contribution is 5.76. The van der Waals surface area contributed by atoms with Gasteiger partial charge >= 0.3 is 0 Å². The summed E-state index contributed by atoms with van der Waals surface area (Å²) in [6.45, 7) is 9.11. The standard InChI is InChI=1S/C18H28N2O/c1-4-15(3)13-18(5-2)7-10-20(11-8-18)17-12-16(14-21)6-9-19-17/h6,9,12,14-15H,4-5,7-8,10-11,13H2,1-3H3. The van der Waals surface area contributed by atoms with Gasteiger partial charge in [-0.1, -0.05) is 33.6 Å². The van der Waals surface area contributed by atoms with Crippen molar-refractivity contribution in [1.82, 2.24) is 4.98 Å². The minimum absolute atomic E-state index is 0.508. The first-order chi connectivity index (χ1) is 10.1. The minimum Gasteiger partial charge on any atom is -0.357 e. The molecule has 3 nitrogen and oxygen atoms in total. The lowest BCUT2D eigenvalue weighted by molar-refractivity contribution is 0.112. The van der Waals surface area contributed by atoms with Crippen LogP contribution in [0.2, 0.25) is 0 Å². The highest BCUT2D eigenvalue weighted by atomic mass is 16.1. The van der Waals surface area contributed by atoms with Gasteiger partial charge in [0.2, 0.25) is 0 Å². The zero-order valence-corrected chi connectivity index (χ0v) is 13.6. The topological polar surface area (TPSA) is 33.2 Å². The van der Waals surface area contributed by atoms with Crippen LogP contribution < -0.4 is 4.90 Å². The third-order valence-electron chi connectivity index (χ3n) is 5.28. The normalized spacial score (nSPS) is 19.3. The SMILES string of the molecule is CCC(C)CC1(CC)CCN(c2cc(C=O)ccn2)CC1. The molecule has 0 saturated carbocycles. The molecule has 116 valence electrons. The second kappa shape index (κ2) is 7.06. The molecule has 1 aliphatic rings. The Balaban J connectivity index is 2.02. The van der Waals surface area contributed by atoms with Gasteiger partial charge in [-0.05, 0) is 42.7 Å². The van der Waals surface area contributed by atoms with E-state index in [1.165, 1.54) is 32.1 Å². The maximum Gasteiger partial charge on any atom is 0.150 e. The van der Waals surface area contributed by atoms with E-state index in [0.717, 1.165) is 31.1 Å². The summed E-state index contributed by atoms with van der Waals surface area (Å²) in [6.07, 6.45) is 8.99. The molecule has 1 aromatic heterocycles. The summed E-state index contributed by atoms with van der Waals surface area (Å²) in [5, 5.41) is 0. The molecule has 0 aromatic carbocycles. The summed E-state index contributed by atoms with van der Waals surface area (Å²) in [5.41, 5.74) is 1.22. The molecular formula is C18H28N2O. The quantitative estimate of drug-likeness (QED) is 0.731. The molecule has 1 aliphatic heterocycles. The van der Waals surface area contributed by atoms with Crippen molar-refractivity contribution in [3.8, 4) is 0 Å². The van der Waals surface area contributed by atoms with Gasteiger partial charge < -0.3 is 4.90 Å². The Labute approximate surface area is 128 Å². The molecule has 1 atom stereocenters. The van der Waals surface area contributed by atoms with E-state index >= 15 is 0 Å². The zero-order valence-electron chi connectivity index (χ0n) is 13.6. The van der Waals surface area contributed by atoms with E-state index in [4.69, 9.17) is 0 Å². The fourth-order valence-corrected chi connectivity index (χ4v) is 3.48. The van der Waals surface area contributed by atoms with E-state index in [0.29, 0.717) is 11.0 Å². The van der Waals surface area contributed by atoms with Gasteiger partial charge in [0.1, 0.15) is 12.1 Å². The van der Waals surface area contributed by atoms with Gasteiger partial charge in [-0.3, -0.25) is 4.79 Å². The number of anilines is 1. The summed E-state index contributed by atoms with van der Waals surface area (Å²) in [6, 6.07) is 3.67. The molecule has 1 saturated heterocycles. The van der Waals surface area contributed by atoms with E-state index in [2.05, 4.69) is 30.7 Å². The van der Waals surface area contributed by atoms with Crippen molar-refractivity contribution in [1.29, 1.82) is 0 Å². The summed E-state index contributed by atoms with van der Waals surface area (Å²) in [5.74, 6) is 1.76. The van der Waals surface area contributed by atoms with Gasteiger partial charge in [-0.2, -0.15) is 0 Å². The van der Waals surface area contributed by atoms with Gasteiger partial charge in [-0.25, -0.2) is 4.98 Å². The smallest absolute Gasteiger partial charge is 0.150 e. The molecule has 3 heteroatoms. The summed E-state index contributed by atoms with van der Waals surface area (Å²) >= 11 is 0. The molecule has 0 radical (unpaired) electrons. The van der Waals surface area contributed by atoms with Gasteiger partial charge in [-0.15, -0.1) is 0 Å². The van der Waals surface area contributed by atoms with Crippen LogP contribution in [-0.4, -0.2) is 24.4 Å². The van der Waals surface area contributed by atoms with Crippen LogP contribution in [0.5, 0.6) is 0 Å². The molecule has 1 unspecified atom stereocenters. The summed E-state index contributed by atoms with van der Waals surface area (Å²) in [7, 11) is 0. The molecule has 0 N–H and O–H groups in total. The van der Waals surface area contributed by atoms with Crippen LogP contribution in [0.25, 0.3) is 0 Å². The predicted molar refractivity (Wildman–Crippen MR) is 87.9 cm³/mol. The second-order valence-corrected chi connectivity index (χ2v) is 6.62. The van der Waals surface area contributed by atoms with Crippen LogP contribution >= 0.6 is 0 Å². The molecule has 0 spiro atoms. The maximum atomic E-state index is 10.9. The Morgan fingerprint density at radius 3 is 2.67 bits per heavy atom. The number of carbonyl (C=O) groups excluding carboxylic acids is 1. The Morgan fingerprint density at radius 2 is 2.10 bits per heavy atom. The number of aldehydes is 1. The number of nitrogens with zero attached hydrogens (tertiary/aromatic N) is 2. The van der Waals surface area contributed by atoms with Crippen molar-refractivity contribution in [3.05, 3.63) is 23.9 Å². The monoisotopic (exact) mass is 288 g/mol. The third-order valence-corrected chi connectivity index (χ3v) is 5.28. The van der Waals surface area contributed by atoms with Crippen molar-refractivity contribution in [3.63, 3.8) is 0 Å². The van der Waals surface area contributed by atoms with Gasteiger partial charge in [0, 0.05) is 24.8 Å². The fourth-order valence-electron chi connectivity index (χ4n) is 3.48. The van der Waals surface area contributed by atoms with Crippen molar-refractivity contribution in [2.45, 2.75) is 52.9 Å². The molecular weight excluding hydrogens is 260 g/mol. The Morgan fingerprint density at radius 1 is 1.38 bits per heavy atom. The number of piperidine rings is 1. The molecule has 0 aliphatic carbocycles. The average Bonchev–Trinajstić information content (AvgIpc) is 2.55. The predicted octanol–water partition coefficient (Wildman–Crippen LogP) is 4.33. The molecule has 1 aromatic rings. The summed E-state index contributed by atoms with van der Waals surface area (Å²) in [4.78, 5) is 17.7. The van der Waals surface area contributed by atoms with Gasteiger partial charge in [0.05, 0.1) is 0 Å². The Hall–Kier alpha value is -1.38. The maximum absolute atomic E-state index is 10.9. The van der Waals surface area contributed by atoms with Crippen LogP contribution in [0.4, 0.5) is 5.82 Å². The van der Waals surface area contributed by atoms with E-state index < -0.39 is 0 Å². The number of hydrogen-bond acceptors (Lipinski definition) is 3. The first-order valence-corrected chi connectivity index (χ1v) is 8.28. The fraction of sp³-hybridized carbons (Fsp3) is 0.667. The Kier molecular flexibility index (Phi) is 5.38. The van der Waals surface area contributed by atoms with E-state index in [1.807, 2.05) is 6.07 Å². The Bertz CT molecular complexity index is 464. The van der Waals surface area contributed by atoms with Gasteiger partial charge in [0.25, 0.3) is 0 Å². The van der Waals surface area contributed by atoms with Crippen LogP contribution in [0, 0.1) is 11.3 Å². The first kappa shape index (κ1) is 16.0. The van der Waals surface area contributed by atoms with E-state index in [-0.39, 0.29) is 0 Å². The molecule has 0 amide bonds. The van der Waals surface area contributed by atoms with Crippen LogP contribution in [0.1, 0.15) is 63.2 Å². The third kappa shape index (κ3) is 3.84. The number of rotatable bonds is 6. The molecule has 2 rings (SSSR count). The lowest BCUT2D eigenvalue weighted by atomic mass is 9.70. The highest BCUT2D eigenvalue weighted by Gasteiger charge is 2.34. The van der Waals surface area contributed by atoms with Crippen molar-refractivity contribution < 1.29 is 4.79 Å². The van der Waals surface area contributed by atoms with E-state index in [9.17, 15) is 4.79 Å². The van der Waals surface area contributed by atoms with E-state index in [1.54, 1.807) is 12.3 Å². The second-order valence-electron chi connectivity index (χ2n) is 6.62. The zero-order chi connectivity index (χ0) is 15.3. The number of carbonyl (C=O) groups is 1. The van der Waals surface area contributed by atoms with Crippen molar-refractivity contribution in [2.24, 2.45) is 11.3 Å². The van der Waals surface area contributed by atoms with Crippen molar-refractivity contribution >= 4 is 12.1 Å². The lowest BCUT2D eigenvalue weighted by Gasteiger charge is -2.43. The minimum atomic E-state index is 0.508. The summed E-state index contributed by atoms with van der Waals surface area (Å²) < 4.78 is 0.